The predicted octanol–water partition coefficient (Wildman–Crippen LogP) is 8.40. The highest BCUT2D eigenvalue weighted by atomic mass is 35.5. The number of oxazole rings is 2. The molecule has 2 heterocycles. The van der Waals surface area contributed by atoms with Gasteiger partial charge in [0.2, 0.25) is 11.8 Å². The molecular formula is C30H20Cl2N4O4S2. The van der Waals surface area contributed by atoms with Gasteiger partial charge < -0.3 is 19.5 Å². The summed E-state index contributed by atoms with van der Waals surface area (Å²) in [4.78, 5) is 33.8. The Morgan fingerprint density at radius 2 is 1.07 bits per heavy atom. The molecule has 0 saturated carbocycles. The number of nitrogens with zero attached hydrogens (tertiary/aromatic N) is 2. The lowest BCUT2D eigenvalue weighted by Gasteiger charge is -2.11. The van der Waals surface area contributed by atoms with Crippen molar-refractivity contribution in [2.75, 3.05) is 22.1 Å². The number of halogens is 2. The number of nitrogens with one attached hydrogen (secondary N) is 2. The van der Waals surface area contributed by atoms with Crippen LogP contribution in [-0.4, -0.2) is 33.3 Å². The van der Waals surface area contributed by atoms with E-state index in [0.717, 1.165) is 22.2 Å². The summed E-state index contributed by atoms with van der Waals surface area (Å²) in [7, 11) is 0. The van der Waals surface area contributed by atoms with Crippen LogP contribution in [0.15, 0.2) is 104 Å². The predicted molar refractivity (Wildman–Crippen MR) is 169 cm³/mol. The van der Waals surface area contributed by atoms with Crippen molar-refractivity contribution in [3.8, 4) is 11.1 Å². The Labute approximate surface area is 258 Å². The van der Waals surface area contributed by atoms with E-state index in [1.807, 2.05) is 60.7 Å². The number of hydrogen-bond donors (Lipinski definition) is 2. The summed E-state index contributed by atoms with van der Waals surface area (Å²) in [6.07, 6.45) is 0. The van der Waals surface area contributed by atoms with Gasteiger partial charge in [-0.3, -0.25) is 9.59 Å². The van der Waals surface area contributed by atoms with Crippen LogP contribution in [0.2, 0.25) is 10.0 Å². The van der Waals surface area contributed by atoms with Crippen molar-refractivity contribution in [1.29, 1.82) is 0 Å². The van der Waals surface area contributed by atoms with Gasteiger partial charge >= 0.3 is 0 Å². The van der Waals surface area contributed by atoms with E-state index in [9.17, 15) is 9.59 Å². The minimum atomic E-state index is -0.241. The highest BCUT2D eigenvalue weighted by Crippen LogP contribution is 2.33. The Bertz CT molecular complexity index is 1740. The summed E-state index contributed by atoms with van der Waals surface area (Å²) in [5, 5.41) is 7.23. The molecule has 2 aromatic heterocycles. The SMILES string of the molecule is O=C(CSc1nc2ccccc2o1)Nc1ccc(-c2ccc(NC(=O)CSc3nc4ccccc4o3)c(Cl)c2)cc1Cl. The van der Waals surface area contributed by atoms with Gasteiger partial charge in [-0.15, -0.1) is 0 Å². The van der Waals surface area contributed by atoms with E-state index in [4.69, 9.17) is 32.0 Å². The first-order valence-corrected chi connectivity index (χ1v) is 15.3. The lowest BCUT2D eigenvalue weighted by molar-refractivity contribution is -0.114. The molecule has 210 valence electrons. The number of amides is 2. The van der Waals surface area contributed by atoms with Gasteiger partial charge in [0.25, 0.3) is 10.4 Å². The molecule has 0 aliphatic rings. The number of benzene rings is 4. The van der Waals surface area contributed by atoms with Crippen LogP contribution in [0.1, 0.15) is 0 Å². The highest BCUT2D eigenvalue weighted by molar-refractivity contribution is 8.00. The van der Waals surface area contributed by atoms with Gasteiger partial charge in [-0.25, -0.2) is 9.97 Å². The van der Waals surface area contributed by atoms with E-state index in [1.165, 1.54) is 23.5 Å². The molecule has 2 N–H and O–H groups in total. The van der Waals surface area contributed by atoms with Crippen LogP contribution in [-0.2, 0) is 9.59 Å². The second kappa shape index (κ2) is 12.5. The van der Waals surface area contributed by atoms with Crippen LogP contribution >= 0.6 is 46.7 Å². The zero-order valence-corrected chi connectivity index (χ0v) is 24.7. The molecule has 0 aliphatic heterocycles. The Morgan fingerprint density at radius 1 is 0.643 bits per heavy atom. The fourth-order valence-corrected chi connectivity index (χ4v) is 5.78. The molecule has 0 bridgehead atoms. The third-order valence-corrected chi connectivity index (χ3v) is 8.30. The first-order valence-electron chi connectivity index (χ1n) is 12.6. The maximum absolute atomic E-state index is 12.5. The molecule has 0 fully saturated rings. The van der Waals surface area contributed by atoms with E-state index < -0.39 is 0 Å². The molecule has 0 aliphatic carbocycles. The molecular weight excluding hydrogens is 615 g/mol. The van der Waals surface area contributed by atoms with Crippen LogP contribution in [0.3, 0.4) is 0 Å². The number of carbonyl (C=O) groups is 2. The molecule has 0 radical (unpaired) electrons. The maximum Gasteiger partial charge on any atom is 0.257 e. The third-order valence-electron chi connectivity index (χ3n) is 6.02. The number of para-hydroxylation sites is 4. The summed E-state index contributed by atoms with van der Waals surface area (Å²) in [6.45, 7) is 0. The van der Waals surface area contributed by atoms with Gasteiger partial charge in [0, 0.05) is 0 Å². The number of hydrogen-bond acceptors (Lipinski definition) is 8. The van der Waals surface area contributed by atoms with E-state index in [1.54, 1.807) is 24.3 Å². The van der Waals surface area contributed by atoms with Crippen LogP contribution in [0.4, 0.5) is 11.4 Å². The van der Waals surface area contributed by atoms with E-state index in [0.29, 0.717) is 43.0 Å². The van der Waals surface area contributed by atoms with Gasteiger partial charge in [0.15, 0.2) is 11.2 Å². The second-order valence-electron chi connectivity index (χ2n) is 8.96. The number of thioether (sulfide) groups is 2. The van der Waals surface area contributed by atoms with Crippen molar-refractivity contribution >= 4 is 92.1 Å². The van der Waals surface area contributed by atoms with Crippen molar-refractivity contribution in [1.82, 2.24) is 9.97 Å². The third kappa shape index (κ3) is 6.57. The first kappa shape index (κ1) is 28.2. The fourth-order valence-electron chi connectivity index (χ4n) is 4.04. The molecule has 8 nitrogen and oxygen atoms in total. The summed E-state index contributed by atoms with van der Waals surface area (Å²) in [5.74, 6) is -0.259. The van der Waals surface area contributed by atoms with Crippen LogP contribution in [0.5, 0.6) is 0 Å². The Balaban J connectivity index is 1.04. The number of rotatable bonds is 9. The van der Waals surface area contributed by atoms with Gasteiger partial charge in [-0.05, 0) is 59.7 Å². The standard InChI is InChI=1S/C30H20Cl2N4O4S2/c31-19-13-17(9-11-21(19)33-27(37)15-41-29-35-23-5-1-3-7-25(23)39-29)18-10-12-22(20(32)14-18)34-28(38)16-42-30-36-24-6-2-4-8-26(24)40-30/h1-14H,15-16H2,(H,33,37)(H,34,38). The van der Waals surface area contributed by atoms with Crippen molar-refractivity contribution in [3.63, 3.8) is 0 Å². The Kier molecular flexibility index (Phi) is 8.38. The Morgan fingerprint density at radius 3 is 1.48 bits per heavy atom. The van der Waals surface area contributed by atoms with Gasteiger partial charge in [-0.1, -0.05) is 83.1 Å². The topological polar surface area (TPSA) is 110 Å². The summed E-state index contributed by atoms with van der Waals surface area (Å²) in [5.41, 5.74) is 5.38. The molecule has 0 unspecified atom stereocenters. The van der Waals surface area contributed by atoms with Crippen molar-refractivity contribution in [2.24, 2.45) is 0 Å². The van der Waals surface area contributed by atoms with E-state index in [-0.39, 0.29) is 23.3 Å². The van der Waals surface area contributed by atoms with Gasteiger partial charge in [0.05, 0.1) is 32.9 Å². The zero-order valence-electron chi connectivity index (χ0n) is 21.6. The molecule has 12 heteroatoms. The molecule has 4 aromatic carbocycles. The number of aromatic nitrogens is 2. The minimum Gasteiger partial charge on any atom is -0.431 e. The molecule has 0 atom stereocenters. The largest absolute Gasteiger partial charge is 0.431 e. The molecule has 6 rings (SSSR count). The van der Waals surface area contributed by atoms with Crippen LogP contribution in [0, 0.1) is 0 Å². The first-order chi connectivity index (χ1) is 20.4. The molecule has 0 spiro atoms. The second-order valence-corrected chi connectivity index (χ2v) is 11.6. The zero-order chi connectivity index (χ0) is 29.1. The van der Waals surface area contributed by atoms with Crippen LogP contribution in [0.25, 0.3) is 33.3 Å². The average Bonchev–Trinajstić information content (AvgIpc) is 3.61. The molecule has 0 saturated heterocycles. The summed E-state index contributed by atoms with van der Waals surface area (Å²) >= 11 is 15.4. The smallest absolute Gasteiger partial charge is 0.257 e. The van der Waals surface area contributed by atoms with E-state index >= 15 is 0 Å². The normalized spacial score (nSPS) is 11.2. The maximum atomic E-state index is 12.5. The highest BCUT2D eigenvalue weighted by Gasteiger charge is 2.14. The average molecular weight is 636 g/mol. The lowest BCUT2D eigenvalue weighted by Crippen LogP contribution is -2.14. The molecule has 42 heavy (non-hydrogen) atoms. The monoisotopic (exact) mass is 634 g/mol. The lowest BCUT2D eigenvalue weighted by atomic mass is 10.0. The van der Waals surface area contributed by atoms with Crippen molar-refractivity contribution in [2.45, 2.75) is 10.4 Å². The summed E-state index contributed by atoms with van der Waals surface area (Å²) in [6, 6.07) is 25.4. The fraction of sp³-hybridized carbons (Fsp3) is 0.0667. The Hall–Kier alpha value is -3.96. The number of anilines is 2. The van der Waals surface area contributed by atoms with Crippen molar-refractivity contribution < 1.29 is 18.4 Å². The molecule has 6 aromatic rings. The summed E-state index contributed by atoms with van der Waals surface area (Å²) < 4.78 is 11.3. The number of carbonyl (C=O) groups excluding carboxylic acids is 2. The quantitative estimate of drug-likeness (QED) is 0.153. The van der Waals surface area contributed by atoms with Gasteiger partial charge in [-0.2, -0.15) is 0 Å². The van der Waals surface area contributed by atoms with Crippen LogP contribution < -0.4 is 10.6 Å². The minimum absolute atomic E-state index is 0.112. The van der Waals surface area contributed by atoms with E-state index in [2.05, 4.69) is 20.6 Å². The van der Waals surface area contributed by atoms with Crippen molar-refractivity contribution in [3.05, 3.63) is 95.0 Å². The van der Waals surface area contributed by atoms with Gasteiger partial charge in [0.1, 0.15) is 11.0 Å². The molecule has 2 amide bonds. The number of fused-ring (bicyclic) bond motifs is 2.